The molecular formula is C19H20NO4-. The van der Waals surface area contributed by atoms with Crippen molar-refractivity contribution in [1.29, 1.82) is 0 Å². The van der Waals surface area contributed by atoms with E-state index < -0.39 is 11.9 Å². The Bertz CT molecular complexity index is 682. The summed E-state index contributed by atoms with van der Waals surface area (Å²) in [5.41, 5.74) is 1.45. The highest BCUT2D eigenvalue weighted by atomic mass is 16.5. The van der Waals surface area contributed by atoms with Crippen LogP contribution >= 0.6 is 0 Å². The van der Waals surface area contributed by atoms with Crippen LogP contribution in [0.25, 0.3) is 0 Å². The zero-order valence-corrected chi connectivity index (χ0v) is 13.7. The van der Waals surface area contributed by atoms with Gasteiger partial charge in [-0.05, 0) is 35.7 Å². The lowest BCUT2D eigenvalue weighted by atomic mass is 9.85. The van der Waals surface area contributed by atoms with Crippen molar-refractivity contribution in [2.24, 2.45) is 5.92 Å². The molecule has 0 spiro atoms. The number of carbonyl (C=O) groups is 2. The van der Waals surface area contributed by atoms with Crippen LogP contribution in [0.4, 0.5) is 5.69 Å². The van der Waals surface area contributed by atoms with Gasteiger partial charge in [-0.1, -0.05) is 37.3 Å². The van der Waals surface area contributed by atoms with Crippen molar-refractivity contribution in [3.63, 3.8) is 0 Å². The minimum absolute atomic E-state index is 0.148. The molecule has 1 N–H and O–H groups in total. The summed E-state index contributed by atoms with van der Waals surface area (Å²) in [7, 11) is 1.56. The number of benzene rings is 2. The highest BCUT2D eigenvalue weighted by Gasteiger charge is 2.23. The highest BCUT2D eigenvalue weighted by Crippen LogP contribution is 2.27. The molecule has 2 rings (SSSR count). The summed E-state index contributed by atoms with van der Waals surface area (Å²) in [6.07, 6.45) is -0.148. The van der Waals surface area contributed by atoms with Gasteiger partial charge in [0, 0.05) is 24.0 Å². The number of aliphatic carboxylic acids is 1. The normalized spacial score (nSPS) is 12.9. The van der Waals surface area contributed by atoms with Gasteiger partial charge in [0.05, 0.1) is 7.11 Å². The number of hydrogen-bond donors (Lipinski definition) is 1. The molecule has 0 radical (unpaired) electrons. The lowest BCUT2D eigenvalue weighted by Crippen LogP contribution is -2.36. The summed E-state index contributed by atoms with van der Waals surface area (Å²) in [5, 5.41) is 14.2. The maximum atomic E-state index is 12.2. The topological polar surface area (TPSA) is 78.5 Å². The summed E-state index contributed by atoms with van der Waals surface area (Å²) >= 11 is 0. The molecule has 2 aromatic carbocycles. The smallest absolute Gasteiger partial charge is 0.225 e. The Hall–Kier alpha value is -2.82. The van der Waals surface area contributed by atoms with Crippen LogP contribution in [0, 0.1) is 5.92 Å². The van der Waals surface area contributed by atoms with Crippen LogP contribution < -0.4 is 15.2 Å². The second-order valence-electron chi connectivity index (χ2n) is 5.61. The summed E-state index contributed by atoms with van der Waals surface area (Å²) < 4.78 is 5.05. The fraction of sp³-hybridized carbons (Fsp3) is 0.263. The van der Waals surface area contributed by atoms with Gasteiger partial charge in [0.15, 0.2) is 0 Å². The van der Waals surface area contributed by atoms with Gasteiger partial charge < -0.3 is 20.0 Å². The number of carboxylic acids is 1. The van der Waals surface area contributed by atoms with Crippen molar-refractivity contribution < 1.29 is 19.4 Å². The predicted octanol–water partition coefficient (Wildman–Crippen LogP) is 2.19. The molecule has 0 aliphatic heterocycles. The Morgan fingerprint density at radius 1 is 1.08 bits per heavy atom. The van der Waals surface area contributed by atoms with Crippen LogP contribution in [0.1, 0.15) is 24.8 Å². The van der Waals surface area contributed by atoms with Crippen molar-refractivity contribution in [2.75, 3.05) is 12.4 Å². The van der Waals surface area contributed by atoms with Gasteiger partial charge in [0.25, 0.3) is 0 Å². The zero-order chi connectivity index (χ0) is 17.5. The minimum Gasteiger partial charge on any atom is -0.550 e. The van der Waals surface area contributed by atoms with E-state index in [4.69, 9.17) is 4.74 Å². The average molecular weight is 326 g/mol. The largest absolute Gasteiger partial charge is 0.550 e. The second-order valence-corrected chi connectivity index (χ2v) is 5.61. The van der Waals surface area contributed by atoms with Crippen LogP contribution in [-0.2, 0) is 9.59 Å². The number of amides is 1. The molecule has 1 amide bonds. The van der Waals surface area contributed by atoms with E-state index in [1.165, 1.54) is 0 Å². The molecule has 5 nitrogen and oxygen atoms in total. The van der Waals surface area contributed by atoms with Crippen molar-refractivity contribution in [2.45, 2.75) is 19.3 Å². The first kappa shape index (κ1) is 17.5. The lowest BCUT2D eigenvalue weighted by molar-refractivity contribution is -0.312. The first-order valence-corrected chi connectivity index (χ1v) is 7.71. The minimum atomic E-state index is -1.23. The van der Waals surface area contributed by atoms with E-state index in [-0.39, 0.29) is 18.2 Å². The second kappa shape index (κ2) is 8.15. The first-order valence-electron chi connectivity index (χ1n) is 7.71. The summed E-state index contributed by atoms with van der Waals surface area (Å²) in [6, 6.07) is 16.1. The molecule has 126 valence electrons. The van der Waals surface area contributed by atoms with Crippen LogP contribution in [-0.4, -0.2) is 19.0 Å². The number of rotatable bonds is 7. The van der Waals surface area contributed by atoms with Gasteiger partial charge in [-0.15, -0.1) is 0 Å². The maximum Gasteiger partial charge on any atom is 0.225 e. The van der Waals surface area contributed by atoms with Crippen LogP contribution in [0.3, 0.4) is 0 Å². The van der Waals surface area contributed by atoms with Crippen LogP contribution in [0.15, 0.2) is 54.6 Å². The molecule has 0 heterocycles. The number of ether oxygens (including phenoxy) is 1. The lowest BCUT2D eigenvalue weighted by Gasteiger charge is -2.25. The third kappa shape index (κ3) is 4.59. The number of carboxylic acid groups (broad SMARTS) is 1. The van der Waals surface area contributed by atoms with E-state index in [0.29, 0.717) is 11.4 Å². The number of hydrogen-bond acceptors (Lipinski definition) is 4. The maximum absolute atomic E-state index is 12.2. The van der Waals surface area contributed by atoms with Crippen molar-refractivity contribution >= 4 is 17.6 Å². The molecule has 5 heteroatoms. The Morgan fingerprint density at radius 2 is 1.71 bits per heavy atom. The molecular weight excluding hydrogens is 306 g/mol. The van der Waals surface area contributed by atoms with Gasteiger partial charge >= 0.3 is 0 Å². The zero-order valence-electron chi connectivity index (χ0n) is 13.7. The van der Waals surface area contributed by atoms with Gasteiger partial charge in [-0.2, -0.15) is 0 Å². The fourth-order valence-corrected chi connectivity index (χ4v) is 2.54. The van der Waals surface area contributed by atoms with Crippen molar-refractivity contribution in [3.8, 4) is 5.75 Å². The number of methoxy groups -OCH3 is 1. The van der Waals surface area contributed by atoms with E-state index in [1.54, 1.807) is 38.3 Å². The summed E-state index contributed by atoms with van der Waals surface area (Å²) in [6.45, 7) is 1.79. The SMILES string of the molecule is COc1ccc(NC(=O)C[C@H](C(=O)[O-])[C@H](C)c2ccccc2)cc1. The fourth-order valence-electron chi connectivity index (χ4n) is 2.54. The molecule has 0 saturated carbocycles. The third-order valence-corrected chi connectivity index (χ3v) is 4.01. The summed E-state index contributed by atoms with van der Waals surface area (Å²) in [4.78, 5) is 23.7. The number of nitrogens with one attached hydrogen (secondary N) is 1. The van der Waals surface area contributed by atoms with Gasteiger partial charge in [-0.25, -0.2) is 0 Å². The molecule has 2 atom stereocenters. The van der Waals surface area contributed by atoms with E-state index in [0.717, 1.165) is 5.56 Å². The molecule has 0 bridgehead atoms. The first-order chi connectivity index (χ1) is 11.5. The van der Waals surface area contributed by atoms with Crippen molar-refractivity contribution in [3.05, 3.63) is 60.2 Å². The van der Waals surface area contributed by atoms with Gasteiger partial charge in [0.2, 0.25) is 5.91 Å². The van der Waals surface area contributed by atoms with Crippen LogP contribution in [0.5, 0.6) is 5.75 Å². The quantitative estimate of drug-likeness (QED) is 0.846. The predicted molar refractivity (Wildman–Crippen MR) is 89.6 cm³/mol. The van der Waals surface area contributed by atoms with E-state index in [1.807, 2.05) is 30.3 Å². The van der Waals surface area contributed by atoms with E-state index >= 15 is 0 Å². The van der Waals surface area contributed by atoms with E-state index in [2.05, 4.69) is 5.32 Å². The monoisotopic (exact) mass is 326 g/mol. The Labute approximate surface area is 141 Å². The summed E-state index contributed by atoms with van der Waals surface area (Å²) in [5.74, 6) is -2.13. The standard InChI is InChI=1S/C19H21NO4/c1-13(14-6-4-3-5-7-14)17(19(22)23)12-18(21)20-15-8-10-16(24-2)11-9-15/h3-11,13,17H,12H2,1-2H3,(H,20,21)(H,22,23)/p-1/t13-,17+/m1/s1. The van der Waals surface area contributed by atoms with Crippen molar-refractivity contribution in [1.82, 2.24) is 0 Å². The molecule has 2 aromatic rings. The Morgan fingerprint density at radius 3 is 2.25 bits per heavy atom. The average Bonchev–Trinajstić information content (AvgIpc) is 2.60. The number of anilines is 1. The molecule has 0 unspecified atom stereocenters. The molecule has 0 saturated heterocycles. The molecule has 24 heavy (non-hydrogen) atoms. The Kier molecular flexibility index (Phi) is 5.95. The van der Waals surface area contributed by atoms with Gasteiger partial charge in [-0.3, -0.25) is 4.79 Å². The van der Waals surface area contributed by atoms with E-state index in [9.17, 15) is 14.7 Å². The molecule has 0 aliphatic rings. The molecule has 0 aliphatic carbocycles. The Balaban J connectivity index is 2.04. The van der Waals surface area contributed by atoms with Gasteiger partial charge in [0.1, 0.15) is 5.75 Å². The third-order valence-electron chi connectivity index (χ3n) is 4.01. The van der Waals surface area contributed by atoms with Crippen LogP contribution in [0.2, 0.25) is 0 Å². The number of carbonyl (C=O) groups excluding carboxylic acids is 2. The molecule has 0 aromatic heterocycles. The molecule has 0 fully saturated rings. The highest BCUT2D eigenvalue weighted by molar-refractivity contribution is 5.93.